The van der Waals surface area contributed by atoms with E-state index in [0.29, 0.717) is 10.7 Å². The summed E-state index contributed by atoms with van der Waals surface area (Å²) in [5.41, 5.74) is 3.40. The molecular formula is C20H17ClN4O. The predicted molar refractivity (Wildman–Crippen MR) is 103 cm³/mol. The third-order valence-corrected chi connectivity index (χ3v) is 4.61. The lowest BCUT2D eigenvalue weighted by Crippen LogP contribution is -2.25. The van der Waals surface area contributed by atoms with Crippen LogP contribution in [-0.2, 0) is 6.42 Å². The van der Waals surface area contributed by atoms with Crippen molar-refractivity contribution in [3.63, 3.8) is 0 Å². The van der Waals surface area contributed by atoms with E-state index in [-0.39, 0.29) is 11.6 Å². The summed E-state index contributed by atoms with van der Waals surface area (Å²) >= 11 is 5.85. The second kappa shape index (κ2) is 7.14. The minimum Gasteiger partial charge on any atom is -0.325 e. The number of aryl methyl sites for hydroxylation is 1. The lowest BCUT2D eigenvalue weighted by atomic mass is 10.0. The molecule has 3 aromatic rings. The molecule has 4 rings (SSSR count). The molecule has 0 fully saturated rings. The van der Waals surface area contributed by atoms with Crippen molar-refractivity contribution in [2.75, 3.05) is 16.8 Å². The highest BCUT2D eigenvalue weighted by Gasteiger charge is 2.19. The van der Waals surface area contributed by atoms with Gasteiger partial charge in [-0.25, -0.2) is 9.97 Å². The van der Waals surface area contributed by atoms with Gasteiger partial charge in [0.2, 0.25) is 0 Å². The van der Waals surface area contributed by atoms with Crippen LogP contribution in [0.1, 0.15) is 22.5 Å². The fourth-order valence-electron chi connectivity index (χ4n) is 3.08. The smallest absolute Gasteiger partial charge is 0.275 e. The topological polar surface area (TPSA) is 58.1 Å². The van der Waals surface area contributed by atoms with Crippen molar-refractivity contribution in [2.24, 2.45) is 0 Å². The number of aromatic nitrogens is 2. The van der Waals surface area contributed by atoms with Crippen molar-refractivity contribution >= 4 is 34.7 Å². The molecule has 2 aromatic carbocycles. The highest BCUT2D eigenvalue weighted by molar-refractivity contribution is 6.30. The highest BCUT2D eigenvalue weighted by atomic mass is 35.5. The molecule has 5 nitrogen and oxygen atoms in total. The van der Waals surface area contributed by atoms with Crippen LogP contribution in [0, 0.1) is 0 Å². The van der Waals surface area contributed by atoms with Crippen molar-refractivity contribution in [1.29, 1.82) is 0 Å². The normalized spacial score (nSPS) is 13.2. The van der Waals surface area contributed by atoms with Gasteiger partial charge in [0, 0.05) is 22.9 Å². The largest absolute Gasteiger partial charge is 0.325 e. The van der Waals surface area contributed by atoms with Crippen LogP contribution in [0.3, 0.4) is 0 Å². The fraction of sp³-hybridized carbons (Fsp3) is 0.150. The lowest BCUT2D eigenvalue weighted by molar-refractivity contribution is 0.102. The predicted octanol–water partition coefficient (Wildman–Crippen LogP) is 4.47. The Hall–Kier alpha value is -2.92. The molecule has 1 aliphatic heterocycles. The number of anilines is 3. The molecule has 2 heterocycles. The van der Waals surface area contributed by atoms with Gasteiger partial charge >= 0.3 is 0 Å². The highest BCUT2D eigenvalue weighted by Crippen LogP contribution is 2.31. The Morgan fingerprint density at radius 3 is 2.62 bits per heavy atom. The van der Waals surface area contributed by atoms with E-state index in [9.17, 15) is 4.79 Å². The van der Waals surface area contributed by atoms with Crippen molar-refractivity contribution in [3.8, 4) is 0 Å². The van der Waals surface area contributed by atoms with Gasteiger partial charge in [-0.1, -0.05) is 29.8 Å². The summed E-state index contributed by atoms with van der Waals surface area (Å²) in [5.74, 6) is 0.450. The zero-order valence-corrected chi connectivity index (χ0v) is 14.8. The Bertz CT molecular complexity index is 925. The van der Waals surface area contributed by atoms with Crippen LogP contribution in [0.15, 0.2) is 60.9 Å². The van der Waals surface area contributed by atoms with E-state index in [4.69, 9.17) is 11.6 Å². The number of hydrogen-bond acceptors (Lipinski definition) is 4. The van der Waals surface area contributed by atoms with Crippen LogP contribution in [-0.4, -0.2) is 22.4 Å². The molecule has 0 saturated heterocycles. The first-order chi connectivity index (χ1) is 12.7. The standard InChI is InChI=1S/C20H17ClN4O/c21-15-7-9-16(10-8-15)24-20(26)17-12-23-19(13-22-17)25-11-3-5-14-4-1-2-6-18(14)25/h1-2,4,6-10,12-13H,3,5,11H2,(H,24,26). The van der Waals surface area contributed by atoms with E-state index >= 15 is 0 Å². The number of halogens is 1. The average Bonchev–Trinajstić information content (AvgIpc) is 2.69. The monoisotopic (exact) mass is 364 g/mol. The number of hydrogen-bond donors (Lipinski definition) is 1. The Kier molecular flexibility index (Phi) is 4.54. The third kappa shape index (κ3) is 3.39. The number of carbonyl (C=O) groups is 1. The minimum absolute atomic E-state index is 0.272. The summed E-state index contributed by atoms with van der Waals surface area (Å²) in [6, 6.07) is 15.2. The summed E-state index contributed by atoms with van der Waals surface area (Å²) < 4.78 is 0. The molecule has 1 amide bonds. The molecular weight excluding hydrogens is 348 g/mol. The number of rotatable bonds is 3. The SMILES string of the molecule is O=C(Nc1ccc(Cl)cc1)c1cnc(N2CCCc3ccccc32)cn1. The van der Waals surface area contributed by atoms with Gasteiger partial charge in [-0.3, -0.25) is 4.79 Å². The van der Waals surface area contributed by atoms with E-state index in [1.54, 1.807) is 30.5 Å². The fourth-order valence-corrected chi connectivity index (χ4v) is 3.20. The average molecular weight is 365 g/mol. The maximum atomic E-state index is 12.3. The minimum atomic E-state index is -0.301. The Morgan fingerprint density at radius 2 is 1.85 bits per heavy atom. The van der Waals surface area contributed by atoms with E-state index in [2.05, 4.69) is 38.4 Å². The Balaban J connectivity index is 1.52. The lowest BCUT2D eigenvalue weighted by Gasteiger charge is -2.30. The van der Waals surface area contributed by atoms with E-state index in [0.717, 1.165) is 30.9 Å². The van der Waals surface area contributed by atoms with Crippen molar-refractivity contribution < 1.29 is 4.79 Å². The van der Waals surface area contributed by atoms with Crippen molar-refractivity contribution in [3.05, 3.63) is 77.2 Å². The van der Waals surface area contributed by atoms with E-state index in [1.807, 2.05) is 6.07 Å². The number of nitrogens with zero attached hydrogens (tertiary/aromatic N) is 3. The van der Waals surface area contributed by atoms with Crippen LogP contribution in [0.5, 0.6) is 0 Å². The maximum absolute atomic E-state index is 12.3. The van der Waals surface area contributed by atoms with Crippen LogP contribution >= 0.6 is 11.6 Å². The number of para-hydroxylation sites is 1. The second-order valence-electron chi connectivity index (χ2n) is 6.10. The Morgan fingerprint density at radius 1 is 1.04 bits per heavy atom. The van der Waals surface area contributed by atoms with Crippen LogP contribution in [0.4, 0.5) is 17.2 Å². The summed E-state index contributed by atoms with van der Waals surface area (Å²) in [6.45, 7) is 0.891. The van der Waals surface area contributed by atoms with Crippen LogP contribution in [0.2, 0.25) is 5.02 Å². The first kappa shape index (κ1) is 16.5. The summed E-state index contributed by atoms with van der Waals surface area (Å²) in [5, 5.41) is 3.41. The molecule has 0 bridgehead atoms. The molecule has 1 aromatic heterocycles. The number of benzene rings is 2. The van der Waals surface area contributed by atoms with Crippen molar-refractivity contribution in [1.82, 2.24) is 9.97 Å². The van der Waals surface area contributed by atoms with Gasteiger partial charge in [0.25, 0.3) is 5.91 Å². The number of amides is 1. The molecule has 0 aliphatic carbocycles. The zero-order chi connectivity index (χ0) is 17.9. The van der Waals surface area contributed by atoms with Crippen LogP contribution < -0.4 is 10.2 Å². The molecule has 0 radical (unpaired) electrons. The van der Waals surface area contributed by atoms with Gasteiger partial charge in [-0.2, -0.15) is 0 Å². The summed E-state index contributed by atoms with van der Waals surface area (Å²) in [6.07, 6.45) is 5.30. The Labute approximate surface area is 156 Å². The van der Waals surface area contributed by atoms with Gasteiger partial charge in [0.15, 0.2) is 5.82 Å². The van der Waals surface area contributed by atoms with Crippen molar-refractivity contribution in [2.45, 2.75) is 12.8 Å². The second-order valence-corrected chi connectivity index (χ2v) is 6.54. The van der Waals surface area contributed by atoms with Gasteiger partial charge in [0.1, 0.15) is 5.69 Å². The first-order valence-electron chi connectivity index (χ1n) is 8.45. The molecule has 0 unspecified atom stereocenters. The number of nitrogens with one attached hydrogen (secondary N) is 1. The zero-order valence-electron chi connectivity index (χ0n) is 14.0. The number of carbonyl (C=O) groups excluding carboxylic acids is 1. The van der Waals surface area contributed by atoms with Gasteiger partial charge in [-0.15, -0.1) is 0 Å². The van der Waals surface area contributed by atoms with Gasteiger partial charge < -0.3 is 10.2 Å². The maximum Gasteiger partial charge on any atom is 0.275 e. The number of fused-ring (bicyclic) bond motifs is 1. The molecule has 0 saturated carbocycles. The van der Waals surface area contributed by atoms with Crippen LogP contribution in [0.25, 0.3) is 0 Å². The van der Waals surface area contributed by atoms with E-state index < -0.39 is 0 Å². The molecule has 0 atom stereocenters. The molecule has 1 N–H and O–H groups in total. The summed E-state index contributed by atoms with van der Waals surface area (Å²) in [4.78, 5) is 23.2. The molecule has 6 heteroatoms. The molecule has 1 aliphatic rings. The first-order valence-corrected chi connectivity index (χ1v) is 8.83. The summed E-state index contributed by atoms with van der Waals surface area (Å²) in [7, 11) is 0. The molecule has 26 heavy (non-hydrogen) atoms. The van der Waals surface area contributed by atoms with Gasteiger partial charge in [-0.05, 0) is 48.7 Å². The van der Waals surface area contributed by atoms with E-state index in [1.165, 1.54) is 11.8 Å². The third-order valence-electron chi connectivity index (χ3n) is 4.36. The molecule has 0 spiro atoms. The van der Waals surface area contributed by atoms with Gasteiger partial charge in [0.05, 0.1) is 12.4 Å². The molecule has 130 valence electrons. The quantitative estimate of drug-likeness (QED) is 0.745.